The number of rotatable bonds is 2. The van der Waals surface area contributed by atoms with Crippen molar-refractivity contribution in [3.63, 3.8) is 0 Å². The first-order valence-corrected chi connectivity index (χ1v) is 9.76. The number of benzene rings is 3. The molecule has 0 saturated heterocycles. The molecular formula is C22H14BrNS. The predicted octanol–water partition coefficient (Wildman–Crippen LogP) is 7.27. The average Bonchev–Trinajstić information content (AvgIpc) is 3.25. The molecule has 5 aromatic rings. The van der Waals surface area contributed by atoms with Crippen LogP contribution in [-0.4, -0.2) is 4.57 Å². The third kappa shape index (κ3) is 2.43. The van der Waals surface area contributed by atoms with E-state index in [1.165, 1.54) is 37.2 Å². The van der Waals surface area contributed by atoms with Crippen LogP contribution in [0.4, 0.5) is 0 Å². The van der Waals surface area contributed by atoms with Crippen LogP contribution in [0.5, 0.6) is 0 Å². The van der Waals surface area contributed by atoms with Crippen molar-refractivity contribution < 1.29 is 0 Å². The van der Waals surface area contributed by atoms with Gasteiger partial charge in [-0.1, -0.05) is 64.5 Å². The summed E-state index contributed by atoms with van der Waals surface area (Å²) in [6, 6.07) is 30.1. The third-order valence-electron chi connectivity index (χ3n) is 4.51. The van der Waals surface area contributed by atoms with Crippen molar-refractivity contribution in [1.82, 2.24) is 4.57 Å². The van der Waals surface area contributed by atoms with Crippen LogP contribution in [0.1, 0.15) is 0 Å². The van der Waals surface area contributed by atoms with E-state index in [2.05, 4.69) is 105 Å². The second-order valence-corrected chi connectivity index (χ2v) is 8.00. The molecule has 2 heterocycles. The minimum absolute atomic E-state index is 1.11. The van der Waals surface area contributed by atoms with Gasteiger partial charge in [-0.2, -0.15) is 0 Å². The normalized spacial score (nSPS) is 11.4. The first-order chi connectivity index (χ1) is 12.3. The molecule has 0 unspecified atom stereocenters. The van der Waals surface area contributed by atoms with Crippen molar-refractivity contribution in [2.45, 2.75) is 0 Å². The molecule has 0 aliphatic heterocycles. The van der Waals surface area contributed by atoms with E-state index in [4.69, 9.17) is 0 Å². The summed E-state index contributed by atoms with van der Waals surface area (Å²) in [6.07, 6.45) is 0. The maximum Gasteiger partial charge on any atom is 0.101 e. The second kappa shape index (κ2) is 5.87. The largest absolute Gasteiger partial charge is 0.301 e. The fourth-order valence-electron chi connectivity index (χ4n) is 3.39. The molecule has 0 radical (unpaired) electrons. The Labute approximate surface area is 158 Å². The number of halogens is 1. The molecule has 0 fully saturated rings. The quantitative estimate of drug-likeness (QED) is 0.291. The lowest BCUT2D eigenvalue weighted by molar-refractivity contribution is 1.22. The summed E-state index contributed by atoms with van der Waals surface area (Å²) in [5.74, 6) is 0. The van der Waals surface area contributed by atoms with Gasteiger partial charge in [0.05, 0.1) is 11.0 Å². The van der Waals surface area contributed by atoms with Crippen LogP contribution in [0, 0.1) is 0 Å². The van der Waals surface area contributed by atoms with Gasteiger partial charge in [0.25, 0.3) is 0 Å². The van der Waals surface area contributed by atoms with E-state index in [-0.39, 0.29) is 0 Å². The number of thiophene rings is 1. The first-order valence-electron chi connectivity index (χ1n) is 8.15. The SMILES string of the molecule is Brc1ccc2c(c1)c1ccccc1n2-c1ccc(-c2ccccc2)s1. The summed E-state index contributed by atoms with van der Waals surface area (Å²) >= 11 is 5.44. The zero-order valence-corrected chi connectivity index (χ0v) is 15.7. The van der Waals surface area contributed by atoms with Gasteiger partial charge in [0, 0.05) is 20.1 Å². The number of aromatic nitrogens is 1. The molecule has 0 N–H and O–H groups in total. The molecule has 0 aliphatic rings. The highest BCUT2D eigenvalue weighted by molar-refractivity contribution is 9.10. The standard InChI is InChI=1S/C22H14BrNS/c23-16-10-11-20-18(14-16)17-8-4-5-9-19(17)24(20)22-13-12-21(25-22)15-6-2-1-3-7-15/h1-14H. The Balaban J connectivity index is 1.79. The number of nitrogens with zero attached hydrogens (tertiary/aromatic N) is 1. The summed E-state index contributed by atoms with van der Waals surface area (Å²) in [7, 11) is 0. The molecule has 0 amide bonds. The van der Waals surface area contributed by atoms with Crippen LogP contribution in [-0.2, 0) is 0 Å². The Morgan fingerprint density at radius 3 is 2.32 bits per heavy atom. The Morgan fingerprint density at radius 1 is 0.680 bits per heavy atom. The molecule has 0 saturated carbocycles. The lowest BCUT2D eigenvalue weighted by Gasteiger charge is -2.04. The fourth-order valence-corrected chi connectivity index (χ4v) is 4.79. The average molecular weight is 404 g/mol. The van der Waals surface area contributed by atoms with E-state index in [1.807, 2.05) is 11.3 Å². The number of fused-ring (bicyclic) bond motifs is 3. The minimum atomic E-state index is 1.11. The number of hydrogen-bond acceptors (Lipinski definition) is 1. The summed E-state index contributed by atoms with van der Waals surface area (Å²) < 4.78 is 3.48. The Bertz CT molecular complexity index is 1200. The second-order valence-electron chi connectivity index (χ2n) is 6.02. The van der Waals surface area contributed by atoms with E-state index in [0.29, 0.717) is 0 Å². The van der Waals surface area contributed by atoms with Crippen molar-refractivity contribution in [1.29, 1.82) is 0 Å². The monoisotopic (exact) mass is 403 g/mol. The molecule has 0 spiro atoms. The van der Waals surface area contributed by atoms with Gasteiger partial charge >= 0.3 is 0 Å². The van der Waals surface area contributed by atoms with E-state index in [0.717, 1.165) is 4.47 Å². The summed E-state index contributed by atoms with van der Waals surface area (Å²) in [5.41, 5.74) is 3.75. The first kappa shape index (κ1) is 14.9. The topological polar surface area (TPSA) is 4.93 Å². The lowest BCUT2D eigenvalue weighted by atomic mass is 10.2. The summed E-state index contributed by atoms with van der Waals surface area (Å²) in [6.45, 7) is 0. The van der Waals surface area contributed by atoms with E-state index >= 15 is 0 Å². The fraction of sp³-hybridized carbons (Fsp3) is 0. The highest BCUT2D eigenvalue weighted by Crippen LogP contribution is 2.37. The lowest BCUT2D eigenvalue weighted by Crippen LogP contribution is -1.89. The van der Waals surface area contributed by atoms with Crippen molar-refractivity contribution >= 4 is 49.1 Å². The number of para-hydroxylation sites is 1. The Kier molecular flexibility index (Phi) is 3.51. The maximum atomic E-state index is 3.61. The zero-order chi connectivity index (χ0) is 16.8. The summed E-state index contributed by atoms with van der Waals surface area (Å²) in [5, 5.41) is 3.81. The Hall–Kier alpha value is -2.36. The zero-order valence-electron chi connectivity index (χ0n) is 13.3. The highest BCUT2D eigenvalue weighted by Gasteiger charge is 2.14. The molecule has 3 aromatic carbocycles. The van der Waals surface area contributed by atoms with Gasteiger partial charge in [0.15, 0.2) is 0 Å². The third-order valence-corrected chi connectivity index (χ3v) is 6.12. The van der Waals surface area contributed by atoms with Gasteiger partial charge in [-0.3, -0.25) is 0 Å². The van der Waals surface area contributed by atoms with Gasteiger partial charge in [0.2, 0.25) is 0 Å². The maximum absolute atomic E-state index is 3.61. The van der Waals surface area contributed by atoms with Crippen LogP contribution < -0.4 is 0 Å². The van der Waals surface area contributed by atoms with Gasteiger partial charge in [-0.15, -0.1) is 11.3 Å². The molecule has 0 atom stereocenters. The minimum Gasteiger partial charge on any atom is -0.301 e. The highest BCUT2D eigenvalue weighted by atomic mass is 79.9. The van der Waals surface area contributed by atoms with E-state index in [1.54, 1.807) is 0 Å². The van der Waals surface area contributed by atoms with Crippen molar-refractivity contribution in [3.8, 4) is 15.4 Å². The molecule has 120 valence electrons. The molecule has 1 nitrogen and oxygen atoms in total. The van der Waals surface area contributed by atoms with Crippen molar-refractivity contribution in [2.75, 3.05) is 0 Å². The van der Waals surface area contributed by atoms with Crippen molar-refractivity contribution in [2.24, 2.45) is 0 Å². The summed E-state index contributed by atoms with van der Waals surface area (Å²) in [4.78, 5) is 1.29. The number of hydrogen-bond donors (Lipinski definition) is 0. The molecule has 2 aromatic heterocycles. The molecule has 25 heavy (non-hydrogen) atoms. The van der Waals surface area contributed by atoms with E-state index in [9.17, 15) is 0 Å². The molecule has 0 bridgehead atoms. The molecular weight excluding hydrogens is 390 g/mol. The van der Waals surface area contributed by atoms with Crippen LogP contribution in [0.15, 0.2) is 89.4 Å². The molecule has 5 rings (SSSR count). The molecule has 0 aliphatic carbocycles. The van der Waals surface area contributed by atoms with Gasteiger partial charge in [0.1, 0.15) is 5.00 Å². The van der Waals surface area contributed by atoms with Crippen LogP contribution in [0.25, 0.3) is 37.2 Å². The van der Waals surface area contributed by atoms with Gasteiger partial charge < -0.3 is 4.57 Å². The predicted molar refractivity (Wildman–Crippen MR) is 112 cm³/mol. The van der Waals surface area contributed by atoms with Crippen LogP contribution in [0.3, 0.4) is 0 Å². The van der Waals surface area contributed by atoms with Gasteiger partial charge in [-0.25, -0.2) is 0 Å². The molecule has 3 heteroatoms. The smallest absolute Gasteiger partial charge is 0.101 e. The van der Waals surface area contributed by atoms with Gasteiger partial charge in [-0.05, 0) is 42.0 Å². The van der Waals surface area contributed by atoms with E-state index < -0.39 is 0 Å². The van der Waals surface area contributed by atoms with Crippen LogP contribution >= 0.6 is 27.3 Å². The Morgan fingerprint density at radius 2 is 1.44 bits per heavy atom. The van der Waals surface area contributed by atoms with Crippen molar-refractivity contribution in [3.05, 3.63) is 89.4 Å². The van der Waals surface area contributed by atoms with Crippen LogP contribution in [0.2, 0.25) is 0 Å².